The number of imidazole rings is 1. The second-order valence-electron chi connectivity index (χ2n) is 4.91. The number of benzene rings is 1. The molecular weight excluding hydrogens is 282 g/mol. The van der Waals surface area contributed by atoms with Crippen LogP contribution in [0.15, 0.2) is 41.8 Å². The largest absolute Gasteiger partial charge is 0.355 e. The molecule has 1 aromatic heterocycles. The molecule has 4 nitrogen and oxygen atoms in total. The summed E-state index contributed by atoms with van der Waals surface area (Å²) in [6, 6.07) is 8.23. The highest BCUT2D eigenvalue weighted by molar-refractivity contribution is 7.99. The van der Waals surface area contributed by atoms with Gasteiger partial charge in [0.1, 0.15) is 0 Å². The zero-order valence-electron chi connectivity index (χ0n) is 12.5. The number of aromatic nitrogens is 2. The van der Waals surface area contributed by atoms with Gasteiger partial charge in [0.05, 0.1) is 5.75 Å². The van der Waals surface area contributed by atoms with Crippen LogP contribution >= 0.6 is 11.8 Å². The fourth-order valence-electron chi connectivity index (χ4n) is 1.96. The zero-order valence-corrected chi connectivity index (χ0v) is 13.3. The number of unbranched alkanes of at least 4 members (excludes halogenated alkanes) is 1. The van der Waals surface area contributed by atoms with Gasteiger partial charge in [0.2, 0.25) is 5.91 Å². The lowest BCUT2D eigenvalue weighted by atomic mass is 10.2. The molecule has 0 aliphatic heterocycles. The molecule has 0 unspecified atom stereocenters. The Balaban J connectivity index is 1.96. The Hall–Kier alpha value is -1.75. The first-order valence-corrected chi connectivity index (χ1v) is 8.19. The quantitative estimate of drug-likeness (QED) is 0.631. The van der Waals surface area contributed by atoms with Crippen LogP contribution in [0, 0.1) is 6.92 Å². The number of hydrogen-bond donors (Lipinski definition) is 1. The first-order chi connectivity index (χ1) is 10.2. The third-order valence-electron chi connectivity index (χ3n) is 3.07. The first-order valence-electron chi connectivity index (χ1n) is 7.20. The van der Waals surface area contributed by atoms with Gasteiger partial charge >= 0.3 is 0 Å². The molecule has 0 bridgehead atoms. The van der Waals surface area contributed by atoms with Crippen molar-refractivity contribution in [3.05, 3.63) is 42.2 Å². The fraction of sp³-hybridized carbons (Fsp3) is 0.375. The number of nitrogens with one attached hydrogen (secondary N) is 1. The molecule has 0 aliphatic rings. The molecule has 1 N–H and O–H groups in total. The van der Waals surface area contributed by atoms with E-state index in [1.54, 1.807) is 6.20 Å². The van der Waals surface area contributed by atoms with Gasteiger partial charge in [-0.15, -0.1) is 0 Å². The van der Waals surface area contributed by atoms with Crippen LogP contribution in [0.1, 0.15) is 25.3 Å². The summed E-state index contributed by atoms with van der Waals surface area (Å²) in [5, 5.41) is 3.76. The van der Waals surface area contributed by atoms with E-state index in [2.05, 4.69) is 36.3 Å². The molecule has 0 spiro atoms. The lowest BCUT2D eigenvalue weighted by molar-refractivity contribution is -0.118. The minimum absolute atomic E-state index is 0.0623. The number of thioether (sulfide) groups is 1. The fourth-order valence-corrected chi connectivity index (χ4v) is 2.76. The van der Waals surface area contributed by atoms with Gasteiger partial charge in [0.15, 0.2) is 5.16 Å². The summed E-state index contributed by atoms with van der Waals surface area (Å²) in [5.41, 5.74) is 2.27. The molecule has 0 aliphatic carbocycles. The molecule has 1 heterocycles. The van der Waals surface area contributed by atoms with E-state index in [0.29, 0.717) is 5.75 Å². The van der Waals surface area contributed by atoms with Crippen molar-refractivity contribution in [2.24, 2.45) is 0 Å². The highest BCUT2D eigenvalue weighted by Crippen LogP contribution is 2.20. The summed E-state index contributed by atoms with van der Waals surface area (Å²) in [6.45, 7) is 4.93. The van der Waals surface area contributed by atoms with Crippen LogP contribution in [0.4, 0.5) is 0 Å². The number of aryl methyl sites for hydroxylation is 1. The standard InChI is InChI=1S/C16H21N3OS/c1-3-4-8-17-15(20)12-21-16-18-9-10-19(16)14-7-5-6-13(2)11-14/h5-7,9-11H,3-4,8,12H2,1-2H3,(H,17,20). The Morgan fingerprint density at radius 3 is 3.05 bits per heavy atom. The van der Waals surface area contributed by atoms with E-state index < -0.39 is 0 Å². The highest BCUT2D eigenvalue weighted by atomic mass is 32.2. The Bertz CT molecular complexity index is 595. The van der Waals surface area contributed by atoms with Gasteiger partial charge in [0, 0.05) is 24.6 Å². The molecule has 0 atom stereocenters. The number of carbonyl (C=O) groups excluding carboxylic acids is 1. The molecule has 0 saturated heterocycles. The molecule has 112 valence electrons. The van der Waals surface area contributed by atoms with Crippen molar-refractivity contribution in [3.8, 4) is 5.69 Å². The van der Waals surface area contributed by atoms with Crippen molar-refractivity contribution >= 4 is 17.7 Å². The van der Waals surface area contributed by atoms with Crippen LogP contribution < -0.4 is 5.32 Å². The summed E-state index contributed by atoms with van der Waals surface area (Å²) in [4.78, 5) is 16.1. The molecule has 5 heteroatoms. The van der Waals surface area contributed by atoms with Crippen LogP contribution in [-0.4, -0.2) is 27.8 Å². The number of amides is 1. The molecular formula is C16H21N3OS. The van der Waals surface area contributed by atoms with Gasteiger partial charge in [-0.25, -0.2) is 4.98 Å². The summed E-state index contributed by atoms with van der Waals surface area (Å²) in [7, 11) is 0. The van der Waals surface area contributed by atoms with E-state index in [1.807, 2.05) is 22.9 Å². The lowest BCUT2D eigenvalue weighted by Gasteiger charge is -2.08. The maximum Gasteiger partial charge on any atom is 0.230 e. The van der Waals surface area contributed by atoms with Crippen molar-refractivity contribution in [3.63, 3.8) is 0 Å². The van der Waals surface area contributed by atoms with Crippen molar-refractivity contribution in [2.45, 2.75) is 31.8 Å². The summed E-state index contributed by atoms with van der Waals surface area (Å²) < 4.78 is 2.01. The Labute approximate surface area is 130 Å². The predicted molar refractivity (Wildman–Crippen MR) is 86.9 cm³/mol. The molecule has 21 heavy (non-hydrogen) atoms. The minimum Gasteiger partial charge on any atom is -0.355 e. The normalized spacial score (nSPS) is 10.6. The Kier molecular flexibility index (Phi) is 5.87. The lowest BCUT2D eigenvalue weighted by Crippen LogP contribution is -2.26. The van der Waals surface area contributed by atoms with Gasteiger partial charge < -0.3 is 5.32 Å². The number of nitrogens with zero attached hydrogens (tertiary/aromatic N) is 2. The summed E-state index contributed by atoms with van der Waals surface area (Å²) in [5.74, 6) is 0.458. The number of rotatable bonds is 7. The van der Waals surface area contributed by atoms with Gasteiger partial charge in [0.25, 0.3) is 0 Å². The molecule has 2 aromatic rings. The average Bonchev–Trinajstić information content (AvgIpc) is 2.94. The number of carbonyl (C=O) groups is 1. The Morgan fingerprint density at radius 2 is 2.29 bits per heavy atom. The Morgan fingerprint density at radius 1 is 1.43 bits per heavy atom. The first kappa shape index (κ1) is 15.6. The van der Waals surface area contributed by atoms with E-state index in [1.165, 1.54) is 17.3 Å². The second-order valence-corrected chi connectivity index (χ2v) is 5.85. The maximum absolute atomic E-state index is 11.7. The molecule has 0 radical (unpaired) electrons. The maximum atomic E-state index is 11.7. The topological polar surface area (TPSA) is 46.9 Å². The minimum atomic E-state index is 0.0623. The molecule has 1 amide bonds. The summed E-state index contributed by atoms with van der Waals surface area (Å²) in [6.07, 6.45) is 5.80. The third kappa shape index (κ3) is 4.63. The van der Waals surface area contributed by atoms with Crippen molar-refractivity contribution in [1.82, 2.24) is 14.9 Å². The van der Waals surface area contributed by atoms with Crippen molar-refractivity contribution < 1.29 is 4.79 Å². The van der Waals surface area contributed by atoms with Crippen LogP contribution in [0.3, 0.4) is 0 Å². The molecule has 1 aromatic carbocycles. The third-order valence-corrected chi connectivity index (χ3v) is 4.04. The predicted octanol–water partition coefficient (Wildman–Crippen LogP) is 3.19. The van der Waals surface area contributed by atoms with E-state index in [-0.39, 0.29) is 5.91 Å². The van der Waals surface area contributed by atoms with Gasteiger partial charge in [-0.1, -0.05) is 37.2 Å². The second kappa shape index (κ2) is 7.88. The van der Waals surface area contributed by atoms with Crippen LogP contribution in [0.25, 0.3) is 5.69 Å². The van der Waals surface area contributed by atoms with E-state index in [0.717, 1.165) is 30.2 Å². The van der Waals surface area contributed by atoms with Crippen LogP contribution in [0.2, 0.25) is 0 Å². The zero-order chi connectivity index (χ0) is 15.1. The van der Waals surface area contributed by atoms with Crippen molar-refractivity contribution in [2.75, 3.05) is 12.3 Å². The summed E-state index contributed by atoms with van der Waals surface area (Å²) >= 11 is 1.46. The molecule has 0 saturated carbocycles. The number of hydrogen-bond acceptors (Lipinski definition) is 3. The van der Waals surface area contributed by atoms with Gasteiger partial charge in [-0.3, -0.25) is 9.36 Å². The monoisotopic (exact) mass is 303 g/mol. The molecule has 2 rings (SSSR count). The van der Waals surface area contributed by atoms with Crippen LogP contribution in [0.5, 0.6) is 0 Å². The van der Waals surface area contributed by atoms with Gasteiger partial charge in [-0.2, -0.15) is 0 Å². The smallest absolute Gasteiger partial charge is 0.230 e. The average molecular weight is 303 g/mol. The van der Waals surface area contributed by atoms with Crippen molar-refractivity contribution in [1.29, 1.82) is 0 Å². The van der Waals surface area contributed by atoms with E-state index >= 15 is 0 Å². The van der Waals surface area contributed by atoms with Gasteiger partial charge in [-0.05, 0) is 31.0 Å². The van der Waals surface area contributed by atoms with E-state index in [9.17, 15) is 4.79 Å². The van der Waals surface area contributed by atoms with Crippen LogP contribution in [-0.2, 0) is 4.79 Å². The SMILES string of the molecule is CCCCNC(=O)CSc1nccn1-c1cccc(C)c1. The highest BCUT2D eigenvalue weighted by Gasteiger charge is 2.08. The van der Waals surface area contributed by atoms with E-state index in [4.69, 9.17) is 0 Å². The molecule has 0 fully saturated rings.